The normalized spacial score (nSPS) is 14.4. The third-order valence-electron chi connectivity index (χ3n) is 6.28. The number of para-hydroxylation sites is 1. The van der Waals surface area contributed by atoms with Crippen LogP contribution in [0.2, 0.25) is 0 Å². The van der Waals surface area contributed by atoms with Gasteiger partial charge in [0.1, 0.15) is 5.82 Å². The lowest BCUT2D eigenvalue weighted by atomic mass is 9.93. The van der Waals surface area contributed by atoms with Crippen LogP contribution in [0.1, 0.15) is 48.8 Å². The first kappa shape index (κ1) is 23.9. The fourth-order valence-corrected chi connectivity index (χ4v) is 4.37. The van der Waals surface area contributed by atoms with E-state index in [-0.39, 0.29) is 30.7 Å². The van der Waals surface area contributed by atoms with Crippen molar-refractivity contribution in [2.45, 2.75) is 58.5 Å². The van der Waals surface area contributed by atoms with Crippen LogP contribution in [0.4, 0.5) is 10.1 Å². The van der Waals surface area contributed by atoms with Gasteiger partial charge in [0, 0.05) is 25.3 Å². The fourth-order valence-electron chi connectivity index (χ4n) is 4.37. The zero-order chi connectivity index (χ0) is 23.1. The summed E-state index contributed by atoms with van der Waals surface area (Å²) in [4.78, 5) is 29.3. The predicted octanol–water partition coefficient (Wildman–Crippen LogP) is 4.67. The van der Waals surface area contributed by atoms with Gasteiger partial charge in [0.15, 0.2) is 0 Å². The molecule has 172 valence electrons. The van der Waals surface area contributed by atoms with Crippen molar-refractivity contribution in [2.24, 2.45) is 0 Å². The summed E-state index contributed by atoms with van der Waals surface area (Å²) in [6, 6.07) is 12.7. The van der Waals surface area contributed by atoms with E-state index in [1.165, 1.54) is 23.5 Å². The monoisotopic (exact) mass is 439 g/mol. The molecule has 0 heterocycles. The molecular weight excluding hydrogens is 405 g/mol. The molecule has 0 spiro atoms. The minimum atomic E-state index is -0.260. The van der Waals surface area contributed by atoms with E-state index in [1.54, 1.807) is 19.2 Å². The molecule has 32 heavy (non-hydrogen) atoms. The molecule has 1 N–H and O–H groups in total. The van der Waals surface area contributed by atoms with Crippen LogP contribution in [0, 0.1) is 19.7 Å². The van der Waals surface area contributed by atoms with E-state index in [1.807, 2.05) is 32.0 Å². The number of anilines is 1. The Morgan fingerprint density at radius 1 is 0.969 bits per heavy atom. The van der Waals surface area contributed by atoms with Gasteiger partial charge in [-0.05, 0) is 55.5 Å². The molecule has 2 aromatic carbocycles. The summed E-state index contributed by atoms with van der Waals surface area (Å²) in [6.45, 7) is 4.75. The summed E-state index contributed by atoms with van der Waals surface area (Å²) in [7, 11) is 1.67. The third-order valence-corrected chi connectivity index (χ3v) is 6.28. The van der Waals surface area contributed by atoms with Crippen molar-refractivity contribution >= 4 is 17.5 Å². The molecule has 0 bridgehead atoms. The van der Waals surface area contributed by atoms with Gasteiger partial charge in [0.25, 0.3) is 0 Å². The molecule has 2 amide bonds. The minimum absolute atomic E-state index is 0.00165. The quantitative estimate of drug-likeness (QED) is 0.650. The largest absolute Gasteiger partial charge is 0.335 e. The molecule has 0 unspecified atom stereocenters. The summed E-state index contributed by atoms with van der Waals surface area (Å²) in [5.74, 6) is -0.556. The highest BCUT2D eigenvalue weighted by Crippen LogP contribution is 2.24. The first-order chi connectivity index (χ1) is 15.3. The molecule has 0 saturated heterocycles. The molecule has 3 rings (SSSR count). The molecule has 0 aliphatic heterocycles. The van der Waals surface area contributed by atoms with Crippen LogP contribution in [-0.4, -0.2) is 47.8 Å². The van der Waals surface area contributed by atoms with E-state index in [0.717, 1.165) is 48.1 Å². The summed E-state index contributed by atoms with van der Waals surface area (Å²) >= 11 is 0. The van der Waals surface area contributed by atoms with Gasteiger partial charge in [-0.3, -0.25) is 14.5 Å². The van der Waals surface area contributed by atoms with Gasteiger partial charge in [-0.15, -0.1) is 0 Å². The average molecular weight is 440 g/mol. The number of carbonyl (C=O) groups is 2. The fraction of sp³-hybridized carbons (Fsp3) is 0.462. The maximum absolute atomic E-state index is 13.3. The number of amides is 2. The van der Waals surface area contributed by atoms with Crippen LogP contribution in [0.25, 0.3) is 0 Å². The topological polar surface area (TPSA) is 52.7 Å². The van der Waals surface area contributed by atoms with Crippen LogP contribution in [0.5, 0.6) is 0 Å². The second kappa shape index (κ2) is 11.2. The Morgan fingerprint density at radius 3 is 2.22 bits per heavy atom. The number of likely N-dealkylation sites (N-methyl/N-ethyl adjacent to an activating group) is 1. The number of nitrogens with zero attached hydrogens (tertiary/aromatic N) is 2. The van der Waals surface area contributed by atoms with Crippen LogP contribution in [0.15, 0.2) is 42.5 Å². The van der Waals surface area contributed by atoms with E-state index in [9.17, 15) is 14.0 Å². The second-order valence-corrected chi connectivity index (χ2v) is 8.89. The first-order valence-electron chi connectivity index (χ1n) is 11.4. The van der Waals surface area contributed by atoms with E-state index in [2.05, 4.69) is 10.2 Å². The first-order valence-corrected chi connectivity index (χ1v) is 11.4. The Labute approximate surface area is 190 Å². The van der Waals surface area contributed by atoms with E-state index in [4.69, 9.17) is 0 Å². The van der Waals surface area contributed by atoms with Crippen molar-refractivity contribution in [3.05, 3.63) is 65.0 Å². The summed E-state index contributed by atoms with van der Waals surface area (Å²) in [6.07, 6.45) is 5.67. The molecule has 1 aliphatic rings. The van der Waals surface area contributed by atoms with Gasteiger partial charge in [0.05, 0.1) is 13.1 Å². The van der Waals surface area contributed by atoms with Crippen molar-refractivity contribution in [3.8, 4) is 0 Å². The van der Waals surface area contributed by atoms with E-state index >= 15 is 0 Å². The van der Waals surface area contributed by atoms with Crippen molar-refractivity contribution in [1.29, 1.82) is 0 Å². The SMILES string of the molecule is Cc1cccc(C)c1NC(=O)CN(C)C(=O)CN(Cc1ccc(F)cc1)C1CCCCC1. The highest BCUT2D eigenvalue weighted by Gasteiger charge is 2.25. The highest BCUT2D eigenvalue weighted by molar-refractivity contribution is 5.95. The Morgan fingerprint density at radius 2 is 1.59 bits per heavy atom. The molecule has 6 heteroatoms. The van der Waals surface area contributed by atoms with Crippen LogP contribution >= 0.6 is 0 Å². The van der Waals surface area contributed by atoms with E-state index in [0.29, 0.717) is 12.6 Å². The zero-order valence-electron chi connectivity index (χ0n) is 19.4. The average Bonchev–Trinajstić information content (AvgIpc) is 2.78. The maximum atomic E-state index is 13.3. The van der Waals surface area contributed by atoms with Gasteiger partial charge >= 0.3 is 0 Å². The molecule has 2 aromatic rings. The highest BCUT2D eigenvalue weighted by atomic mass is 19.1. The Bertz CT molecular complexity index is 903. The lowest BCUT2D eigenvalue weighted by Gasteiger charge is -2.35. The van der Waals surface area contributed by atoms with Gasteiger partial charge in [-0.1, -0.05) is 49.6 Å². The number of nitrogens with one attached hydrogen (secondary N) is 1. The number of hydrogen-bond acceptors (Lipinski definition) is 3. The summed E-state index contributed by atoms with van der Waals surface area (Å²) in [5.41, 5.74) is 3.78. The second-order valence-electron chi connectivity index (χ2n) is 8.89. The molecule has 0 radical (unpaired) electrons. The van der Waals surface area contributed by atoms with Crippen LogP contribution in [-0.2, 0) is 16.1 Å². The number of aryl methyl sites for hydroxylation is 2. The van der Waals surface area contributed by atoms with Gasteiger partial charge in [-0.25, -0.2) is 4.39 Å². The standard InChI is InChI=1S/C26H34FN3O2/c1-19-8-7-9-20(2)26(19)28-24(31)17-29(3)25(32)18-30(23-10-5-4-6-11-23)16-21-12-14-22(27)15-13-21/h7-9,12-15,23H,4-6,10-11,16-18H2,1-3H3,(H,28,31). The molecule has 1 fully saturated rings. The Kier molecular flexibility index (Phi) is 8.39. The molecule has 1 saturated carbocycles. The lowest BCUT2D eigenvalue weighted by Crippen LogP contribution is -2.45. The van der Waals surface area contributed by atoms with Crippen molar-refractivity contribution in [1.82, 2.24) is 9.80 Å². The van der Waals surface area contributed by atoms with Crippen molar-refractivity contribution in [2.75, 3.05) is 25.5 Å². The van der Waals surface area contributed by atoms with Crippen molar-refractivity contribution in [3.63, 3.8) is 0 Å². The van der Waals surface area contributed by atoms with Crippen molar-refractivity contribution < 1.29 is 14.0 Å². The number of hydrogen-bond donors (Lipinski definition) is 1. The van der Waals surface area contributed by atoms with Gasteiger partial charge in [0.2, 0.25) is 11.8 Å². The smallest absolute Gasteiger partial charge is 0.243 e. The molecule has 1 aliphatic carbocycles. The summed E-state index contributed by atoms with van der Waals surface area (Å²) < 4.78 is 13.3. The minimum Gasteiger partial charge on any atom is -0.335 e. The van der Waals surface area contributed by atoms with Gasteiger partial charge < -0.3 is 10.2 Å². The molecule has 0 atom stereocenters. The Balaban J connectivity index is 1.62. The van der Waals surface area contributed by atoms with Crippen LogP contribution in [0.3, 0.4) is 0 Å². The number of halogens is 1. The maximum Gasteiger partial charge on any atom is 0.243 e. The number of rotatable bonds is 8. The third kappa shape index (κ3) is 6.63. The molecular formula is C26H34FN3O2. The Hall–Kier alpha value is -2.73. The van der Waals surface area contributed by atoms with Gasteiger partial charge in [-0.2, -0.15) is 0 Å². The number of benzene rings is 2. The van der Waals surface area contributed by atoms with Crippen LogP contribution < -0.4 is 5.32 Å². The predicted molar refractivity (Wildman–Crippen MR) is 126 cm³/mol. The zero-order valence-corrected chi connectivity index (χ0v) is 19.4. The van der Waals surface area contributed by atoms with E-state index < -0.39 is 0 Å². The molecule has 0 aromatic heterocycles. The summed E-state index contributed by atoms with van der Waals surface area (Å²) in [5, 5.41) is 2.94. The number of carbonyl (C=O) groups excluding carboxylic acids is 2. The molecule has 5 nitrogen and oxygen atoms in total. The lowest BCUT2D eigenvalue weighted by molar-refractivity contribution is -0.135.